The molecule has 3 rings (SSSR count). The predicted octanol–water partition coefficient (Wildman–Crippen LogP) is 6.60. The minimum Gasteiger partial charge on any atom is -0.494 e. The molecule has 0 aliphatic rings. The van der Waals surface area contributed by atoms with Crippen LogP contribution in [0, 0.1) is 0 Å². The molecule has 5 heteroatoms. The van der Waals surface area contributed by atoms with Gasteiger partial charge in [0.2, 0.25) is 0 Å². The topological polar surface area (TPSA) is 51.0 Å². The van der Waals surface area contributed by atoms with Crippen molar-refractivity contribution in [2.75, 3.05) is 13.2 Å². The number of fused-ring (bicyclic) bond motifs is 1. The molecule has 0 aliphatic heterocycles. The maximum absolute atomic E-state index is 6.45. The zero-order valence-corrected chi connectivity index (χ0v) is 17.2. The standard InChI is InChI=1S/C22H26Cl2N2O/c1-2-3-14-27-16-9-7-15(8-10-16)21-17(6-4-5-13-25)18-11-12-19(23)20(24)22(18)26-21/h7-12,26H,2-6,13-14,25H2,1H3. The maximum atomic E-state index is 6.45. The number of hydrogen-bond donors (Lipinski definition) is 2. The highest BCUT2D eigenvalue weighted by Gasteiger charge is 2.16. The number of nitrogens with two attached hydrogens (primary N) is 1. The van der Waals surface area contributed by atoms with Gasteiger partial charge >= 0.3 is 0 Å². The number of unbranched alkanes of at least 4 members (excludes halogenated alkanes) is 2. The van der Waals surface area contributed by atoms with Crippen LogP contribution in [0.5, 0.6) is 5.75 Å². The van der Waals surface area contributed by atoms with Crippen LogP contribution in [-0.4, -0.2) is 18.1 Å². The number of rotatable bonds is 9. The lowest BCUT2D eigenvalue weighted by atomic mass is 10.0. The van der Waals surface area contributed by atoms with Gasteiger partial charge in [-0.05, 0) is 73.7 Å². The molecule has 1 heterocycles. The van der Waals surface area contributed by atoms with E-state index in [4.69, 9.17) is 33.7 Å². The molecule has 0 aliphatic carbocycles. The molecule has 27 heavy (non-hydrogen) atoms. The smallest absolute Gasteiger partial charge is 0.119 e. The van der Waals surface area contributed by atoms with Crippen LogP contribution in [0.3, 0.4) is 0 Å². The third kappa shape index (κ3) is 4.60. The van der Waals surface area contributed by atoms with Crippen molar-refractivity contribution in [2.45, 2.75) is 39.0 Å². The van der Waals surface area contributed by atoms with Gasteiger partial charge in [0.25, 0.3) is 0 Å². The van der Waals surface area contributed by atoms with Crippen molar-refractivity contribution >= 4 is 34.1 Å². The first-order valence-corrected chi connectivity index (χ1v) is 10.3. The summed E-state index contributed by atoms with van der Waals surface area (Å²) in [5, 5.41) is 2.25. The van der Waals surface area contributed by atoms with Gasteiger partial charge in [-0.1, -0.05) is 42.6 Å². The van der Waals surface area contributed by atoms with E-state index in [-0.39, 0.29) is 0 Å². The molecular weight excluding hydrogens is 379 g/mol. The Bertz CT molecular complexity index is 887. The Morgan fingerprint density at radius 2 is 1.78 bits per heavy atom. The molecule has 2 aromatic carbocycles. The first-order valence-electron chi connectivity index (χ1n) is 9.57. The van der Waals surface area contributed by atoms with Crippen molar-refractivity contribution in [3.05, 3.63) is 52.0 Å². The summed E-state index contributed by atoms with van der Waals surface area (Å²) in [5.74, 6) is 0.897. The summed E-state index contributed by atoms with van der Waals surface area (Å²) >= 11 is 12.7. The summed E-state index contributed by atoms with van der Waals surface area (Å²) in [6, 6.07) is 12.1. The highest BCUT2D eigenvalue weighted by atomic mass is 35.5. The average molecular weight is 405 g/mol. The molecule has 0 radical (unpaired) electrons. The SMILES string of the molecule is CCCCOc1ccc(-c2[nH]c3c(Cl)c(Cl)ccc3c2CCCCN)cc1. The van der Waals surface area contributed by atoms with Gasteiger partial charge in [-0.15, -0.1) is 0 Å². The fourth-order valence-corrected chi connectivity index (χ4v) is 3.63. The van der Waals surface area contributed by atoms with Gasteiger partial charge in [-0.2, -0.15) is 0 Å². The number of benzene rings is 2. The molecule has 0 saturated carbocycles. The Hall–Kier alpha value is -1.68. The zero-order valence-electron chi connectivity index (χ0n) is 15.7. The van der Waals surface area contributed by atoms with Crippen molar-refractivity contribution in [1.82, 2.24) is 4.98 Å². The van der Waals surface area contributed by atoms with Crippen LogP contribution in [0.25, 0.3) is 22.2 Å². The highest BCUT2D eigenvalue weighted by molar-refractivity contribution is 6.45. The molecule has 0 fully saturated rings. The fraction of sp³-hybridized carbons (Fsp3) is 0.364. The normalized spacial score (nSPS) is 11.3. The number of nitrogens with one attached hydrogen (secondary N) is 1. The molecule has 144 valence electrons. The summed E-state index contributed by atoms with van der Waals surface area (Å²) in [6.07, 6.45) is 5.17. The van der Waals surface area contributed by atoms with Gasteiger partial charge in [-0.3, -0.25) is 0 Å². The summed E-state index contributed by atoms with van der Waals surface area (Å²) in [4.78, 5) is 3.50. The van der Waals surface area contributed by atoms with Crippen LogP contribution in [-0.2, 0) is 6.42 Å². The largest absolute Gasteiger partial charge is 0.494 e. The van der Waals surface area contributed by atoms with E-state index in [1.165, 1.54) is 5.56 Å². The van der Waals surface area contributed by atoms with Crippen LogP contribution in [0.4, 0.5) is 0 Å². The van der Waals surface area contributed by atoms with Gasteiger partial charge in [-0.25, -0.2) is 0 Å². The Labute approximate surface area is 170 Å². The number of halogens is 2. The minimum absolute atomic E-state index is 0.560. The Balaban J connectivity index is 1.96. The van der Waals surface area contributed by atoms with Crippen LogP contribution >= 0.6 is 23.2 Å². The van der Waals surface area contributed by atoms with E-state index in [1.54, 1.807) is 0 Å². The summed E-state index contributed by atoms with van der Waals surface area (Å²) in [7, 11) is 0. The minimum atomic E-state index is 0.560. The molecule has 3 nitrogen and oxygen atoms in total. The van der Waals surface area contributed by atoms with Gasteiger partial charge in [0.05, 0.1) is 22.2 Å². The van der Waals surface area contributed by atoms with E-state index in [1.807, 2.05) is 24.3 Å². The Morgan fingerprint density at radius 1 is 1.00 bits per heavy atom. The number of ether oxygens (including phenoxy) is 1. The molecule has 3 aromatic rings. The van der Waals surface area contributed by atoms with Crippen LogP contribution in [0.2, 0.25) is 10.0 Å². The van der Waals surface area contributed by atoms with Gasteiger partial charge in [0, 0.05) is 11.1 Å². The molecule has 3 N–H and O–H groups in total. The van der Waals surface area contributed by atoms with Crippen LogP contribution in [0.1, 0.15) is 38.2 Å². The second-order valence-corrected chi connectivity index (χ2v) is 7.52. The third-order valence-corrected chi connectivity index (χ3v) is 5.57. The van der Waals surface area contributed by atoms with Crippen molar-refractivity contribution < 1.29 is 4.74 Å². The molecule has 0 spiro atoms. The molecular formula is C22H26Cl2N2O. The molecule has 0 unspecified atom stereocenters. The van der Waals surface area contributed by atoms with Gasteiger partial charge < -0.3 is 15.5 Å². The fourth-order valence-electron chi connectivity index (χ4n) is 3.26. The predicted molar refractivity (Wildman–Crippen MR) is 116 cm³/mol. The number of aromatic nitrogens is 1. The molecule has 0 saturated heterocycles. The summed E-state index contributed by atoms with van der Waals surface area (Å²) < 4.78 is 5.78. The van der Waals surface area contributed by atoms with Crippen LogP contribution < -0.4 is 10.5 Å². The molecule has 0 amide bonds. The number of hydrogen-bond acceptors (Lipinski definition) is 2. The third-order valence-electron chi connectivity index (χ3n) is 4.76. The lowest BCUT2D eigenvalue weighted by Crippen LogP contribution is -1.99. The van der Waals surface area contributed by atoms with Crippen molar-refractivity contribution in [2.24, 2.45) is 5.73 Å². The first kappa shape index (κ1) is 20.1. The van der Waals surface area contributed by atoms with E-state index in [2.05, 4.69) is 24.0 Å². The van der Waals surface area contributed by atoms with E-state index >= 15 is 0 Å². The summed E-state index contributed by atoms with van der Waals surface area (Å²) in [5.41, 5.74) is 10.0. The number of aryl methyl sites for hydroxylation is 1. The Kier molecular flexibility index (Phi) is 7.06. The number of aromatic amines is 1. The molecule has 0 atom stereocenters. The first-order chi connectivity index (χ1) is 13.2. The number of H-pyrrole nitrogens is 1. The quantitative estimate of drug-likeness (QED) is 0.394. The van der Waals surface area contributed by atoms with Crippen molar-refractivity contribution in [3.63, 3.8) is 0 Å². The average Bonchev–Trinajstić information content (AvgIpc) is 3.05. The lowest BCUT2D eigenvalue weighted by Gasteiger charge is -2.08. The Morgan fingerprint density at radius 3 is 2.48 bits per heavy atom. The van der Waals surface area contributed by atoms with E-state index < -0.39 is 0 Å². The van der Waals surface area contributed by atoms with E-state index in [0.29, 0.717) is 16.6 Å². The lowest BCUT2D eigenvalue weighted by molar-refractivity contribution is 0.309. The van der Waals surface area contributed by atoms with Gasteiger partial charge in [0.15, 0.2) is 0 Å². The van der Waals surface area contributed by atoms with Crippen molar-refractivity contribution in [1.29, 1.82) is 0 Å². The molecule has 0 bridgehead atoms. The second-order valence-electron chi connectivity index (χ2n) is 6.73. The van der Waals surface area contributed by atoms with Gasteiger partial charge in [0.1, 0.15) is 5.75 Å². The highest BCUT2D eigenvalue weighted by Crippen LogP contribution is 2.38. The maximum Gasteiger partial charge on any atom is 0.119 e. The monoisotopic (exact) mass is 404 g/mol. The zero-order chi connectivity index (χ0) is 19.2. The summed E-state index contributed by atoms with van der Waals surface area (Å²) in [6.45, 7) is 3.61. The van der Waals surface area contributed by atoms with E-state index in [9.17, 15) is 0 Å². The van der Waals surface area contributed by atoms with Crippen molar-refractivity contribution in [3.8, 4) is 17.0 Å². The van der Waals surface area contributed by atoms with E-state index in [0.717, 1.165) is 66.6 Å². The molecule has 1 aromatic heterocycles. The second kappa shape index (κ2) is 9.50. The van der Waals surface area contributed by atoms with Crippen LogP contribution in [0.15, 0.2) is 36.4 Å².